The molecular formula is C27H26N6O2. The van der Waals surface area contributed by atoms with Gasteiger partial charge in [0.1, 0.15) is 5.84 Å². The van der Waals surface area contributed by atoms with Crippen molar-refractivity contribution >= 4 is 28.7 Å². The smallest absolute Gasteiger partial charge is 0.270 e. The van der Waals surface area contributed by atoms with Crippen LogP contribution in [0.3, 0.4) is 0 Å². The predicted octanol–water partition coefficient (Wildman–Crippen LogP) is 4.23. The number of amidine groups is 1. The van der Waals surface area contributed by atoms with E-state index in [1.807, 2.05) is 24.3 Å². The van der Waals surface area contributed by atoms with Gasteiger partial charge in [-0.05, 0) is 41.3 Å². The van der Waals surface area contributed by atoms with Crippen LogP contribution in [-0.2, 0) is 0 Å². The molecule has 4 rings (SSSR count). The van der Waals surface area contributed by atoms with Crippen LogP contribution in [0.2, 0.25) is 0 Å². The van der Waals surface area contributed by atoms with Crippen LogP contribution < -0.4 is 5.73 Å². The third kappa shape index (κ3) is 5.01. The van der Waals surface area contributed by atoms with Crippen molar-refractivity contribution in [3.8, 4) is 11.5 Å². The van der Waals surface area contributed by atoms with Crippen LogP contribution in [0.15, 0.2) is 87.7 Å². The van der Waals surface area contributed by atoms with E-state index in [0.29, 0.717) is 22.7 Å². The zero-order valence-electron chi connectivity index (χ0n) is 19.9. The van der Waals surface area contributed by atoms with Gasteiger partial charge < -0.3 is 15.1 Å². The molecule has 1 heterocycles. The molecule has 0 spiro atoms. The zero-order chi connectivity index (χ0) is 24.9. The highest BCUT2D eigenvalue weighted by atomic mass is 16.4. The minimum absolute atomic E-state index is 0.0868. The molecule has 3 aromatic rings. The average Bonchev–Trinajstić information content (AvgIpc) is 3.59. The molecule has 1 aromatic heterocycles. The Morgan fingerprint density at radius 3 is 2.37 bits per heavy atom. The number of aromatic nitrogens is 2. The number of rotatable bonds is 7. The van der Waals surface area contributed by atoms with Gasteiger partial charge in [0.2, 0.25) is 5.89 Å². The van der Waals surface area contributed by atoms with E-state index in [2.05, 4.69) is 45.0 Å². The molecule has 35 heavy (non-hydrogen) atoms. The van der Waals surface area contributed by atoms with E-state index in [1.54, 1.807) is 45.4 Å². The molecule has 176 valence electrons. The molecule has 2 aromatic carbocycles. The number of aliphatic imine (C=N–C) groups is 2. The van der Waals surface area contributed by atoms with Crippen LogP contribution >= 0.6 is 0 Å². The number of benzene rings is 2. The van der Waals surface area contributed by atoms with E-state index in [1.165, 1.54) is 4.90 Å². The fraction of sp³-hybridized carbons (Fsp3) is 0.148. The maximum absolute atomic E-state index is 12.2. The van der Waals surface area contributed by atoms with Crippen LogP contribution in [0.1, 0.15) is 33.8 Å². The Morgan fingerprint density at radius 2 is 1.74 bits per heavy atom. The number of carbonyl (C=O) groups is 1. The number of allylic oxidation sites excluding steroid dienone is 4. The van der Waals surface area contributed by atoms with Gasteiger partial charge in [0.05, 0.1) is 5.70 Å². The highest BCUT2D eigenvalue weighted by Gasteiger charge is 2.20. The van der Waals surface area contributed by atoms with E-state index in [-0.39, 0.29) is 23.3 Å². The highest BCUT2D eigenvalue weighted by molar-refractivity contribution is 6.46. The van der Waals surface area contributed by atoms with Gasteiger partial charge in [-0.2, -0.15) is 0 Å². The Balaban J connectivity index is 1.67. The maximum Gasteiger partial charge on any atom is 0.270 e. The number of nitrogens with two attached hydrogens (primary N) is 1. The van der Waals surface area contributed by atoms with Gasteiger partial charge in [-0.15, -0.1) is 10.2 Å². The van der Waals surface area contributed by atoms with Gasteiger partial charge in [0.25, 0.3) is 11.8 Å². The molecule has 0 unspecified atom stereocenters. The van der Waals surface area contributed by atoms with Crippen LogP contribution in [-0.4, -0.2) is 53.7 Å². The summed E-state index contributed by atoms with van der Waals surface area (Å²) >= 11 is 0. The summed E-state index contributed by atoms with van der Waals surface area (Å²) < 4.78 is 6.01. The molecule has 0 fully saturated rings. The second kappa shape index (κ2) is 10.1. The van der Waals surface area contributed by atoms with E-state index < -0.39 is 0 Å². The first kappa shape index (κ1) is 23.6. The molecule has 0 saturated carbocycles. The summed E-state index contributed by atoms with van der Waals surface area (Å²) in [5.41, 5.74) is 11.0. The standard InChI is InChI=1S/C27H26N6O2/c1-17(18-13-15-20(16-14-18)27(34)33(3)4)30-23(24(28)29-2)26-32-31-25(35-26)22-12-8-7-11-21(22)19-9-5-6-10-19/h5,7-16H,1,6H2,2-4H3,(H2,28,29). The third-order valence-electron chi connectivity index (χ3n) is 5.47. The second-order valence-corrected chi connectivity index (χ2v) is 8.05. The Kier molecular flexibility index (Phi) is 6.82. The monoisotopic (exact) mass is 466 g/mol. The lowest BCUT2D eigenvalue weighted by Gasteiger charge is -2.10. The first-order valence-corrected chi connectivity index (χ1v) is 11.0. The minimum Gasteiger partial charge on any atom is -0.414 e. The van der Waals surface area contributed by atoms with Crippen molar-refractivity contribution in [3.63, 3.8) is 0 Å². The van der Waals surface area contributed by atoms with Crippen molar-refractivity contribution in [3.05, 3.63) is 95.9 Å². The first-order chi connectivity index (χ1) is 16.9. The van der Waals surface area contributed by atoms with Crippen LogP contribution in [0, 0.1) is 0 Å². The summed E-state index contributed by atoms with van der Waals surface area (Å²) in [6.45, 7) is 4.05. The average molecular weight is 467 g/mol. The number of hydrogen-bond donors (Lipinski definition) is 1. The van der Waals surface area contributed by atoms with Crippen molar-refractivity contribution in [1.29, 1.82) is 0 Å². The molecule has 0 bridgehead atoms. The molecule has 1 amide bonds. The van der Waals surface area contributed by atoms with Crippen LogP contribution in [0.4, 0.5) is 0 Å². The maximum atomic E-state index is 12.2. The molecule has 8 nitrogen and oxygen atoms in total. The molecule has 0 aliphatic heterocycles. The quantitative estimate of drug-likeness (QED) is 0.414. The molecule has 0 atom stereocenters. The molecular weight excluding hydrogens is 440 g/mol. The first-order valence-electron chi connectivity index (χ1n) is 11.0. The molecule has 8 heteroatoms. The lowest BCUT2D eigenvalue weighted by atomic mass is 10.0. The van der Waals surface area contributed by atoms with E-state index >= 15 is 0 Å². The largest absolute Gasteiger partial charge is 0.414 e. The van der Waals surface area contributed by atoms with Gasteiger partial charge in [-0.3, -0.25) is 9.79 Å². The lowest BCUT2D eigenvalue weighted by Crippen LogP contribution is -2.25. The lowest BCUT2D eigenvalue weighted by molar-refractivity contribution is 0.0827. The van der Waals surface area contributed by atoms with Crippen LogP contribution in [0.25, 0.3) is 22.7 Å². The molecule has 2 N–H and O–H groups in total. The van der Waals surface area contributed by atoms with Gasteiger partial charge >= 0.3 is 0 Å². The van der Waals surface area contributed by atoms with Gasteiger partial charge in [0, 0.05) is 32.3 Å². The topological polar surface area (TPSA) is 110 Å². The Bertz CT molecular complexity index is 1390. The SMILES string of the molecule is C=C(N=C(C(N)=NC)c1nnc(-c2ccccc2C2=CCC=C2)o1)c1ccc(C(=O)N(C)C)cc1. The zero-order valence-corrected chi connectivity index (χ0v) is 19.9. The predicted molar refractivity (Wildman–Crippen MR) is 139 cm³/mol. The van der Waals surface area contributed by atoms with Gasteiger partial charge in [0.15, 0.2) is 5.71 Å². The molecule has 1 aliphatic carbocycles. The summed E-state index contributed by atoms with van der Waals surface area (Å²) in [6.07, 6.45) is 7.22. The number of amides is 1. The van der Waals surface area contributed by atoms with E-state index in [9.17, 15) is 4.79 Å². The summed E-state index contributed by atoms with van der Waals surface area (Å²) in [7, 11) is 4.97. The molecule has 1 aliphatic rings. The van der Waals surface area contributed by atoms with E-state index in [0.717, 1.165) is 23.1 Å². The van der Waals surface area contributed by atoms with Crippen molar-refractivity contribution in [2.75, 3.05) is 21.1 Å². The van der Waals surface area contributed by atoms with Gasteiger partial charge in [-0.1, -0.05) is 55.1 Å². The minimum atomic E-state index is -0.0868. The summed E-state index contributed by atoms with van der Waals surface area (Å²) in [5, 5.41) is 8.45. The summed E-state index contributed by atoms with van der Waals surface area (Å²) in [5.74, 6) is 0.534. The normalized spacial score (nSPS) is 13.6. The summed E-state index contributed by atoms with van der Waals surface area (Å²) in [6, 6.07) is 14.8. The number of hydrogen-bond acceptors (Lipinski definition) is 6. The fourth-order valence-electron chi connectivity index (χ4n) is 3.59. The highest BCUT2D eigenvalue weighted by Crippen LogP contribution is 2.31. The van der Waals surface area contributed by atoms with Crippen molar-refractivity contribution < 1.29 is 9.21 Å². The fourth-order valence-corrected chi connectivity index (χ4v) is 3.59. The molecule has 0 radical (unpaired) electrons. The Morgan fingerprint density at radius 1 is 1.06 bits per heavy atom. The number of nitrogens with zero attached hydrogens (tertiary/aromatic N) is 5. The molecule has 0 saturated heterocycles. The van der Waals surface area contributed by atoms with Crippen molar-refractivity contribution in [2.45, 2.75) is 6.42 Å². The van der Waals surface area contributed by atoms with Crippen molar-refractivity contribution in [1.82, 2.24) is 15.1 Å². The number of carbonyl (C=O) groups excluding carboxylic acids is 1. The second-order valence-electron chi connectivity index (χ2n) is 8.05. The third-order valence-corrected chi connectivity index (χ3v) is 5.47. The van der Waals surface area contributed by atoms with E-state index in [4.69, 9.17) is 10.2 Å². The van der Waals surface area contributed by atoms with Crippen LogP contribution in [0.5, 0.6) is 0 Å². The van der Waals surface area contributed by atoms with Gasteiger partial charge in [-0.25, -0.2) is 4.99 Å². The summed E-state index contributed by atoms with van der Waals surface area (Å²) in [4.78, 5) is 22.3. The van der Waals surface area contributed by atoms with Crippen molar-refractivity contribution in [2.24, 2.45) is 15.7 Å². The Labute approximate surface area is 203 Å². The Hall–Kier alpha value is -4.59.